The standard InChI is InChI=1S/C16H27N3O2.HI/c1-6-17-16(19-13(3)11-20-4)18-10-14-8-7-12(2)15(9-14)21-5;/h7-9,13H,6,10-11H2,1-5H3,(H2,17,18,19);1H. The summed E-state index contributed by atoms with van der Waals surface area (Å²) in [6.45, 7) is 8.21. The first-order valence-corrected chi connectivity index (χ1v) is 7.28. The number of rotatable bonds is 7. The summed E-state index contributed by atoms with van der Waals surface area (Å²) in [6.07, 6.45) is 0. The molecule has 0 heterocycles. The second-order valence-electron chi connectivity index (χ2n) is 5.00. The van der Waals surface area contributed by atoms with Crippen LogP contribution in [0.1, 0.15) is 25.0 Å². The molecule has 0 radical (unpaired) electrons. The van der Waals surface area contributed by atoms with E-state index in [1.807, 2.05) is 19.9 Å². The molecule has 0 fully saturated rings. The zero-order valence-electron chi connectivity index (χ0n) is 14.1. The van der Waals surface area contributed by atoms with E-state index in [1.54, 1.807) is 14.2 Å². The molecule has 0 saturated carbocycles. The van der Waals surface area contributed by atoms with Crippen LogP contribution in [0.3, 0.4) is 0 Å². The van der Waals surface area contributed by atoms with Crippen molar-refractivity contribution in [3.05, 3.63) is 29.3 Å². The van der Waals surface area contributed by atoms with Gasteiger partial charge in [0, 0.05) is 19.7 Å². The fraction of sp³-hybridized carbons (Fsp3) is 0.562. The van der Waals surface area contributed by atoms with Crippen molar-refractivity contribution in [2.45, 2.75) is 33.4 Å². The molecule has 22 heavy (non-hydrogen) atoms. The van der Waals surface area contributed by atoms with Crippen LogP contribution in [0, 0.1) is 6.92 Å². The van der Waals surface area contributed by atoms with Gasteiger partial charge in [0.2, 0.25) is 0 Å². The maximum atomic E-state index is 5.34. The van der Waals surface area contributed by atoms with Crippen molar-refractivity contribution in [3.63, 3.8) is 0 Å². The third kappa shape index (κ3) is 7.31. The number of hydrogen-bond acceptors (Lipinski definition) is 3. The molecule has 6 heteroatoms. The Balaban J connectivity index is 0.00000441. The normalized spacial score (nSPS) is 12.3. The molecule has 126 valence electrons. The number of aliphatic imine (C=N–C) groups is 1. The number of nitrogens with zero attached hydrogens (tertiary/aromatic N) is 1. The Hall–Kier alpha value is -1.02. The van der Waals surface area contributed by atoms with Gasteiger partial charge >= 0.3 is 0 Å². The predicted molar refractivity (Wildman–Crippen MR) is 102 cm³/mol. The van der Waals surface area contributed by atoms with Gasteiger partial charge in [0.1, 0.15) is 5.75 Å². The average Bonchev–Trinajstić information content (AvgIpc) is 2.46. The summed E-state index contributed by atoms with van der Waals surface area (Å²) in [5.74, 6) is 1.69. The third-order valence-electron chi connectivity index (χ3n) is 3.04. The minimum absolute atomic E-state index is 0. The Morgan fingerprint density at radius 3 is 2.64 bits per heavy atom. The molecule has 0 saturated heterocycles. The Bertz CT molecular complexity index is 467. The zero-order chi connectivity index (χ0) is 15.7. The fourth-order valence-corrected chi connectivity index (χ4v) is 1.98. The highest BCUT2D eigenvalue weighted by Crippen LogP contribution is 2.19. The molecular weight excluding hydrogens is 393 g/mol. The van der Waals surface area contributed by atoms with Gasteiger partial charge in [0.15, 0.2) is 5.96 Å². The van der Waals surface area contributed by atoms with Crippen molar-refractivity contribution in [3.8, 4) is 5.75 Å². The second kappa shape index (κ2) is 11.5. The Kier molecular flexibility index (Phi) is 11.0. The molecule has 0 aliphatic heterocycles. The lowest BCUT2D eigenvalue weighted by Gasteiger charge is -2.17. The molecule has 0 amide bonds. The van der Waals surface area contributed by atoms with E-state index in [0.717, 1.165) is 29.4 Å². The summed E-state index contributed by atoms with van der Waals surface area (Å²) in [5.41, 5.74) is 2.25. The number of halogens is 1. The van der Waals surface area contributed by atoms with E-state index >= 15 is 0 Å². The maximum Gasteiger partial charge on any atom is 0.191 e. The molecule has 0 aliphatic carbocycles. The number of hydrogen-bond donors (Lipinski definition) is 2. The Morgan fingerprint density at radius 1 is 1.32 bits per heavy atom. The maximum absolute atomic E-state index is 5.34. The smallest absolute Gasteiger partial charge is 0.191 e. The fourth-order valence-electron chi connectivity index (χ4n) is 1.98. The minimum Gasteiger partial charge on any atom is -0.496 e. The highest BCUT2D eigenvalue weighted by molar-refractivity contribution is 14.0. The average molecular weight is 421 g/mol. The highest BCUT2D eigenvalue weighted by Gasteiger charge is 2.05. The number of aryl methyl sites for hydroxylation is 1. The van der Waals surface area contributed by atoms with Crippen molar-refractivity contribution >= 4 is 29.9 Å². The van der Waals surface area contributed by atoms with E-state index < -0.39 is 0 Å². The molecule has 0 aromatic heterocycles. The van der Waals surface area contributed by atoms with Crippen LogP contribution in [-0.2, 0) is 11.3 Å². The summed E-state index contributed by atoms with van der Waals surface area (Å²) in [7, 11) is 3.38. The van der Waals surface area contributed by atoms with E-state index in [4.69, 9.17) is 9.47 Å². The van der Waals surface area contributed by atoms with Gasteiger partial charge in [-0.25, -0.2) is 4.99 Å². The molecule has 1 unspecified atom stereocenters. The minimum atomic E-state index is 0. The lowest BCUT2D eigenvalue weighted by molar-refractivity contribution is 0.179. The second-order valence-corrected chi connectivity index (χ2v) is 5.00. The molecule has 1 aromatic carbocycles. The van der Waals surface area contributed by atoms with E-state index in [-0.39, 0.29) is 30.0 Å². The quantitative estimate of drug-likeness (QED) is 0.404. The number of guanidine groups is 1. The molecule has 1 aromatic rings. The summed E-state index contributed by atoms with van der Waals surface area (Å²) >= 11 is 0. The van der Waals surface area contributed by atoms with E-state index in [1.165, 1.54) is 0 Å². The van der Waals surface area contributed by atoms with Crippen LogP contribution in [0.2, 0.25) is 0 Å². The Morgan fingerprint density at radius 2 is 2.05 bits per heavy atom. The van der Waals surface area contributed by atoms with Crippen LogP contribution < -0.4 is 15.4 Å². The van der Waals surface area contributed by atoms with Crippen LogP contribution in [0.4, 0.5) is 0 Å². The SMILES string of the molecule is CCNC(=NCc1ccc(C)c(OC)c1)NC(C)COC.I. The number of methoxy groups -OCH3 is 2. The van der Waals surface area contributed by atoms with E-state index in [0.29, 0.717) is 13.2 Å². The lowest BCUT2D eigenvalue weighted by Crippen LogP contribution is -2.43. The summed E-state index contributed by atoms with van der Waals surface area (Å²) < 4.78 is 10.5. The lowest BCUT2D eigenvalue weighted by atomic mass is 10.1. The number of benzene rings is 1. The van der Waals surface area contributed by atoms with Gasteiger partial charge in [-0.2, -0.15) is 0 Å². The summed E-state index contributed by atoms with van der Waals surface area (Å²) in [6, 6.07) is 6.36. The molecule has 1 atom stereocenters. The Labute approximate surface area is 150 Å². The first kappa shape index (κ1) is 21.0. The van der Waals surface area contributed by atoms with Gasteiger partial charge in [-0.15, -0.1) is 24.0 Å². The van der Waals surface area contributed by atoms with Gasteiger partial charge in [-0.1, -0.05) is 12.1 Å². The third-order valence-corrected chi connectivity index (χ3v) is 3.04. The highest BCUT2D eigenvalue weighted by atomic mass is 127. The zero-order valence-corrected chi connectivity index (χ0v) is 16.4. The molecule has 2 N–H and O–H groups in total. The number of ether oxygens (including phenoxy) is 2. The van der Waals surface area contributed by atoms with Crippen LogP contribution in [0.5, 0.6) is 5.75 Å². The van der Waals surface area contributed by atoms with Crippen molar-refractivity contribution in [1.82, 2.24) is 10.6 Å². The van der Waals surface area contributed by atoms with Crippen LogP contribution in [0.15, 0.2) is 23.2 Å². The molecular formula is C16H28IN3O2. The number of nitrogens with one attached hydrogen (secondary N) is 2. The van der Waals surface area contributed by atoms with E-state index in [2.05, 4.69) is 34.7 Å². The van der Waals surface area contributed by atoms with Crippen LogP contribution in [-0.4, -0.2) is 39.4 Å². The van der Waals surface area contributed by atoms with Gasteiger partial charge < -0.3 is 20.1 Å². The van der Waals surface area contributed by atoms with Crippen molar-refractivity contribution < 1.29 is 9.47 Å². The summed E-state index contributed by atoms with van der Waals surface area (Å²) in [4.78, 5) is 4.59. The van der Waals surface area contributed by atoms with Crippen LogP contribution >= 0.6 is 24.0 Å². The first-order chi connectivity index (χ1) is 10.1. The summed E-state index contributed by atoms with van der Waals surface area (Å²) in [5, 5.41) is 6.55. The molecule has 1 rings (SSSR count). The van der Waals surface area contributed by atoms with Gasteiger partial charge in [-0.05, 0) is 38.0 Å². The molecule has 0 spiro atoms. The van der Waals surface area contributed by atoms with Crippen LogP contribution in [0.25, 0.3) is 0 Å². The van der Waals surface area contributed by atoms with Gasteiger partial charge in [0.25, 0.3) is 0 Å². The van der Waals surface area contributed by atoms with Crippen molar-refractivity contribution in [2.24, 2.45) is 4.99 Å². The first-order valence-electron chi connectivity index (χ1n) is 7.28. The molecule has 0 bridgehead atoms. The topological polar surface area (TPSA) is 54.9 Å². The largest absolute Gasteiger partial charge is 0.496 e. The predicted octanol–water partition coefficient (Wildman–Crippen LogP) is 2.71. The molecule has 5 nitrogen and oxygen atoms in total. The molecule has 0 aliphatic rings. The van der Waals surface area contributed by atoms with Crippen molar-refractivity contribution in [2.75, 3.05) is 27.4 Å². The monoisotopic (exact) mass is 421 g/mol. The van der Waals surface area contributed by atoms with Gasteiger partial charge in [-0.3, -0.25) is 0 Å². The van der Waals surface area contributed by atoms with Gasteiger partial charge in [0.05, 0.1) is 20.3 Å². The van der Waals surface area contributed by atoms with E-state index in [9.17, 15) is 0 Å². The van der Waals surface area contributed by atoms with Crippen molar-refractivity contribution in [1.29, 1.82) is 0 Å².